The molecule has 0 aliphatic carbocycles. The maximum absolute atomic E-state index is 13.6. The van der Waals surface area contributed by atoms with E-state index in [9.17, 15) is 8.78 Å². The maximum atomic E-state index is 13.6. The Morgan fingerprint density at radius 3 is 1.54 bits per heavy atom. The van der Waals surface area contributed by atoms with Crippen molar-refractivity contribution >= 4 is 11.0 Å². The van der Waals surface area contributed by atoms with Crippen molar-refractivity contribution in [2.45, 2.75) is 0 Å². The maximum Gasteiger partial charge on any atom is 0.164 e. The highest BCUT2D eigenvalue weighted by Gasteiger charge is 2.16. The molecule has 0 N–H and O–H groups in total. The molecule has 0 saturated heterocycles. The van der Waals surface area contributed by atoms with Gasteiger partial charge in [0.2, 0.25) is 0 Å². The van der Waals surface area contributed by atoms with Crippen molar-refractivity contribution < 1.29 is 8.78 Å². The third kappa shape index (κ3) is 4.72. The molecule has 196 valence electrons. The first-order valence-corrected chi connectivity index (χ1v) is 12.9. The quantitative estimate of drug-likeness (QED) is 0.226. The number of halogens is 2. The van der Waals surface area contributed by atoms with Crippen molar-refractivity contribution in [3.63, 3.8) is 0 Å². The molecule has 8 heteroatoms. The first kappa shape index (κ1) is 24.4. The standard InChI is InChI=1S/C33H20F2N6/c34-25-15-11-22(12-16-25)31-38-30(39-32(40-31)23-13-17-26(35)18-14-23)21-7-9-24(10-8-21)33-37-28-5-1-2-6-29(28)41(33)27-4-3-19-36-20-27/h1-20H. The fourth-order valence-electron chi connectivity index (χ4n) is 4.70. The molecule has 0 fully saturated rings. The van der Waals surface area contributed by atoms with Crippen molar-refractivity contribution in [2.24, 2.45) is 0 Å². The second-order valence-corrected chi connectivity index (χ2v) is 9.37. The molecule has 0 spiro atoms. The van der Waals surface area contributed by atoms with Crippen LogP contribution in [0.25, 0.3) is 62.3 Å². The van der Waals surface area contributed by atoms with Crippen LogP contribution in [0.3, 0.4) is 0 Å². The van der Waals surface area contributed by atoms with Gasteiger partial charge >= 0.3 is 0 Å². The molecule has 0 unspecified atom stereocenters. The summed E-state index contributed by atoms with van der Waals surface area (Å²) in [5, 5.41) is 0. The first-order chi connectivity index (χ1) is 20.1. The lowest BCUT2D eigenvalue weighted by Gasteiger charge is -2.10. The van der Waals surface area contributed by atoms with Crippen LogP contribution < -0.4 is 0 Å². The first-order valence-electron chi connectivity index (χ1n) is 12.9. The zero-order valence-electron chi connectivity index (χ0n) is 21.5. The summed E-state index contributed by atoms with van der Waals surface area (Å²) in [6, 6.07) is 31.6. The van der Waals surface area contributed by atoms with E-state index in [1.807, 2.05) is 66.9 Å². The summed E-state index contributed by atoms with van der Waals surface area (Å²) in [4.78, 5) is 23.2. The predicted octanol–water partition coefficient (Wildman–Crippen LogP) is 7.55. The summed E-state index contributed by atoms with van der Waals surface area (Å²) in [5.74, 6) is 1.28. The van der Waals surface area contributed by atoms with E-state index in [1.165, 1.54) is 24.3 Å². The van der Waals surface area contributed by atoms with Gasteiger partial charge in [-0.2, -0.15) is 0 Å². The molecule has 41 heavy (non-hydrogen) atoms. The van der Waals surface area contributed by atoms with E-state index in [1.54, 1.807) is 30.5 Å². The van der Waals surface area contributed by atoms with Gasteiger partial charge in [0.25, 0.3) is 0 Å². The van der Waals surface area contributed by atoms with E-state index in [0.717, 1.165) is 33.7 Å². The zero-order chi connectivity index (χ0) is 27.8. The van der Waals surface area contributed by atoms with Crippen LogP contribution in [-0.2, 0) is 0 Å². The third-order valence-electron chi connectivity index (χ3n) is 6.71. The van der Waals surface area contributed by atoms with Crippen LogP contribution in [0.15, 0.2) is 122 Å². The molecular weight excluding hydrogens is 518 g/mol. The van der Waals surface area contributed by atoms with Gasteiger partial charge in [0.05, 0.1) is 22.9 Å². The summed E-state index contributed by atoms with van der Waals surface area (Å²) in [6.45, 7) is 0. The number of hydrogen-bond acceptors (Lipinski definition) is 5. The van der Waals surface area contributed by atoms with Gasteiger partial charge in [0.1, 0.15) is 17.5 Å². The monoisotopic (exact) mass is 538 g/mol. The number of aromatic nitrogens is 6. The van der Waals surface area contributed by atoms with Crippen LogP contribution in [0.5, 0.6) is 0 Å². The van der Waals surface area contributed by atoms with Gasteiger partial charge in [0.15, 0.2) is 17.5 Å². The number of fused-ring (bicyclic) bond motifs is 1. The van der Waals surface area contributed by atoms with Crippen LogP contribution in [0.2, 0.25) is 0 Å². The van der Waals surface area contributed by atoms with Crippen molar-refractivity contribution in [1.29, 1.82) is 0 Å². The Kier molecular flexibility index (Phi) is 6.05. The van der Waals surface area contributed by atoms with Gasteiger partial charge < -0.3 is 0 Å². The second kappa shape index (κ2) is 10.2. The second-order valence-electron chi connectivity index (χ2n) is 9.37. The number of nitrogens with zero attached hydrogens (tertiary/aromatic N) is 6. The summed E-state index contributed by atoms with van der Waals surface area (Å²) < 4.78 is 29.3. The van der Waals surface area contributed by atoms with Gasteiger partial charge in [-0.25, -0.2) is 28.7 Å². The van der Waals surface area contributed by atoms with Crippen molar-refractivity contribution in [3.8, 4) is 51.2 Å². The minimum atomic E-state index is -0.352. The molecule has 4 aromatic carbocycles. The number of hydrogen-bond donors (Lipinski definition) is 0. The minimum Gasteiger partial charge on any atom is -0.291 e. The molecule has 0 radical (unpaired) electrons. The highest BCUT2D eigenvalue weighted by Crippen LogP contribution is 2.31. The Bertz CT molecular complexity index is 1920. The molecule has 7 aromatic rings. The fourth-order valence-corrected chi connectivity index (χ4v) is 4.70. The highest BCUT2D eigenvalue weighted by atomic mass is 19.1. The number of benzene rings is 4. The molecule has 7 rings (SSSR count). The molecule has 0 aliphatic rings. The van der Waals surface area contributed by atoms with Crippen LogP contribution in [0.1, 0.15) is 0 Å². The predicted molar refractivity (Wildman–Crippen MR) is 154 cm³/mol. The Hall–Kier alpha value is -5.63. The normalized spacial score (nSPS) is 11.2. The van der Waals surface area contributed by atoms with E-state index < -0.39 is 0 Å². The molecule has 0 bridgehead atoms. The van der Waals surface area contributed by atoms with Gasteiger partial charge in [-0.1, -0.05) is 36.4 Å². The van der Waals surface area contributed by atoms with Crippen molar-refractivity contribution in [3.05, 3.63) is 133 Å². The fraction of sp³-hybridized carbons (Fsp3) is 0. The Balaban J connectivity index is 1.34. The van der Waals surface area contributed by atoms with Gasteiger partial charge in [-0.05, 0) is 72.8 Å². The molecule has 6 nitrogen and oxygen atoms in total. The summed E-state index contributed by atoms with van der Waals surface area (Å²) in [6.07, 6.45) is 3.55. The van der Waals surface area contributed by atoms with E-state index in [4.69, 9.17) is 15.0 Å². The number of pyridine rings is 1. The molecule has 0 atom stereocenters. The van der Waals surface area contributed by atoms with E-state index >= 15 is 0 Å². The van der Waals surface area contributed by atoms with Gasteiger partial charge in [-0.15, -0.1) is 0 Å². The lowest BCUT2D eigenvalue weighted by atomic mass is 10.1. The lowest BCUT2D eigenvalue weighted by Crippen LogP contribution is -2.01. The lowest BCUT2D eigenvalue weighted by molar-refractivity contribution is 0.627. The largest absolute Gasteiger partial charge is 0.291 e. The third-order valence-corrected chi connectivity index (χ3v) is 6.71. The average Bonchev–Trinajstić information content (AvgIpc) is 3.42. The number of rotatable bonds is 5. The summed E-state index contributed by atoms with van der Waals surface area (Å²) in [5.41, 5.74) is 5.70. The molecule has 0 amide bonds. The molecule has 3 aromatic heterocycles. The SMILES string of the molecule is Fc1ccc(-c2nc(-c3ccc(F)cc3)nc(-c3ccc(-c4nc5ccccc5n4-c4cccnc4)cc3)n2)cc1. The molecule has 0 aliphatic heterocycles. The topological polar surface area (TPSA) is 69.4 Å². The van der Waals surface area contributed by atoms with E-state index in [-0.39, 0.29) is 11.6 Å². The zero-order valence-corrected chi connectivity index (χ0v) is 21.5. The Morgan fingerprint density at radius 1 is 0.488 bits per heavy atom. The van der Waals surface area contributed by atoms with Gasteiger partial charge in [0, 0.05) is 28.5 Å². The van der Waals surface area contributed by atoms with E-state index in [2.05, 4.69) is 14.5 Å². The summed E-state index contributed by atoms with van der Waals surface area (Å²) >= 11 is 0. The Morgan fingerprint density at radius 2 is 1.00 bits per heavy atom. The average molecular weight is 539 g/mol. The summed E-state index contributed by atoms with van der Waals surface area (Å²) in [7, 11) is 0. The highest BCUT2D eigenvalue weighted by molar-refractivity contribution is 5.83. The smallest absolute Gasteiger partial charge is 0.164 e. The Labute approximate surface area is 233 Å². The molecule has 3 heterocycles. The number of para-hydroxylation sites is 2. The molecule has 0 saturated carbocycles. The number of imidazole rings is 1. The van der Waals surface area contributed by atoms with Crippen molar-refractivity contribution in [1.82, 2.24) is 29.5 Å². The van der Waals surface area contributed by atoms with Crippen LogP contribution >= 0.6 is 0 Å². The van der Waals surface area contributed by atoms with Crippen LogP contribution in [-0.4, -0.2) is 29.5 Å². The molecular formula is C33H20F2N6. The van der Waals surface area contributed by atoms with E-state index in [0.29, 0.717) is 28.6 Å². The van der Waals surface area contributed by atoms with Crippen LogP contribution in [0, 0.1) is 11.6 Å². The minimum absolute atomic E-state index is 0.352. The van der Waals surface area contributed by atoms with Crippen molar-refractivity contribution in [2.75, 3.05) is 0 Å². The van der Waals surface area contributed by atoms with Crippen LogP contribution in [0.4, 0.5) is 8.78 Å². The van der Waals surface area contributed by atoms with Gasteiger partial charge in [-0.3, -0.25) is 9.55 Å².